The Morgan fingerprint density at radius 2 is 0.750 bits per heavy atom. The van der Waals surface area contributed by atoms with Gasteiger partial charge < -0.3 is 4.57 Å². The van der Waals surface area contributed by atoms with Gasteiger partial charge in [-0.2, -0.15) is 0 Å². The van der Waals surface area contributed by atoms with E-state index in [1.54, 1.807) is 0 Å². The molecule has 0 spiro atoms. The summed E-state index contributed by atoms with van der Waals surface area (Å²) in [5.74, 6) is 0.692. The summed E-state index contributed by atoms with van der Waals surface area (Å²) >= 11 is 0. The van der Waals surface area contributed by atoms with Crippen molar-refractivity contribution < 1.29 is 0 Å². The van der Waals surface area contributed by atoms with Gasteiger partial charge in [0, 0.05) is 33.2 Å². The van der Waals surface area contributed by atoms with E-state index >= 15 is 0 Å². The minimum absolute atomic E-state index is 0.461. The van der Waals surface area contributed by atoms with Crippen molar-refractivity contribution in [2.45, 2.75) is 5.41 Å². The molecule has 2 heterocycles. The zero-order chi connectivity index (χ0) is 47.6. The van der Waals surface area contributed by atoms with E-state index in [0.29, 0.717) is 5.82 Å². The highest BCUT2D eigenvalue weighted by Crippen LogP contribution is 2.56. The lowest BCUT2D eigenvalue weighted by molar-refractivity contribution is 0.769. The number of aromatic nitrogens is 3. The Hall–Kier alpha value is -9.44. The molecule has 13 aromatic rings. The Bertz CT molecular complexity index is 4080. The van der Waals surface area contributed by atoms with Crippen LogP contribution >= 0.6 is 0 Å². The Morgan fingerprint density at radius 3 is 1.42 bits per heavy atom. The average molecular weight is 916 g/mol. The van der Waals surface area contributed by atoms with Crippen molar-refractivity contribution in [3.63, 3.8) is 0 Å². The van der Waals surface area contributed by atoms with E-state index in [1.165, 1.54) is 71.7 Å². The van der Waals surface area contributed by atoms with Crippen LogP contribution in [0.15, 0.2) is 273 Å². The lowest BCUT2D eigenvalue weighted by atomic mass is 9.67. The first-order valence-electron chi connectivity index (χ1n) is 24.7. The second-order valence-corrected chi connectivity index (χ2v) is 18.8. The molecule has 2 aromatic heterocycles. The first kappa shape index (κ1) is 41.5. The van der Waals surface area contributed by atoms with Crippen LogP contribution in [0.25, 0.3) is 106 Å². The Morgan fingerprint density at radius 1 is 0.278 bits per heavy atom. The maximum Gasteiger partial charge on any atom is 0.160 e. The van der Waals surface area contributed by atoms with Gasteiger partial charge in [-0.1, -0.05) is 237 Å². The van der Waals surface area contributed by atoms with Gasteiger partial charge in [0.2, 0.25) is 0 Å². The number of nitrogens with zero attached hydrogens (tertiary/aromatic N) is 3. The van der Waals surface area contributed by atoms with Gasteiger partial charge in [0.1, 0.15) is 0 Å². The quantitative estimate of drug-likeness (QED) is 0.152. The summed E-state index contributed by atoms with van der Waals surface area (Å²) in [6, 6.07) is 98.9. The molecule has 3 heteroatoms. The Balaban J connectivity index is 0.849. The van der Waals surface area contributed by atoms with Gasteiger partial charge in [0.15, 0.2) is 5.82 Å². The maximum absolute atomic E-state index is 5.31. The molecule has 0 radical (unpaired) electrons. The summed E-state index contributed by atoms with van der Waals surface area (Å²) in [7, 11) is 0. The third-order valence-electron chi connectivity index (χ3n) is 14.9. The van der Waals surface area contributed by atoms with Crippen molar-refractivity contribution in [3.8, 4) is 73.0 Å². The predicted molar refractivity (Wildman–Crippen MR) is 298 cm³/mol. The molecular formula is C69H45N3. The van der Waals surface area contributed by atoms with Crippen LogP contribution in [0.4, 0.5) is 0 Å². The molecule has 0 unspecified atom stereocenters. The third kappa shape index (κ3) is 6.59. The summed E-state index contributed by atoms with van der Waals surface area (Å²) in [6.07, 6.45) is 0. The molecule has 336 valence electrons. The number of benzene rings is 11. The first-order valence-corrected chi connectivity index (χ1v) is 24.7. The van der Waals surface area contributed by atoms with Gasteiger partial charge in [-0.25, -0.2) is 9.97 Å². The first-order chi connectivity index (χ1) is 35.7. The van der Waals surface area contributed by atoms with Crippen molar-refractivity contribution in [2.75, 3.05) is 0 Å². The average Bonchev–Trinajstić information content (AvgIpc) is 3.96. The second kappa shape index (κ2) is 16.9. The molecule has 14 rings (SSSR count). The standard InChI is InChI=1S/C69H45N3/c1-4-18-49(19-5-1)68-70-64(48-34-32-46(33-35-48)50-38-41-58-57-26-12-15-29-62(57)69(63(58)44-50,51-20-6-2-7-21-51)52-22-8-3-9-23-52)45-65(71-68)59-43-42-54(55-24-10-11-25-56(55)59)47-36-39-53(40-37-47)72-66-30-16-13-27-60(66)61-28-14-17-31-67(61)72/h1-45H. The fourth-order valence-corrected chi connectivity index (χ4v) is 11.7. The summed E-state index contributed by atoms with van der Waals surface area (Å²) in [5.41, 5.74) is 20.2. The fourth-order valence-electron chi connectivity index (χ4n) is 11.7. The molecule has 72 heavy (non-hydrogen) atoms. The second-order valence-electron chi connectivity index (χ2n) is 18.8. The molecule has 0 aliphatic heterocycles. The summed E-state index contributed by atoms with van der Waals surface area (Å²) < 4.78 is 2.37. The lowest BCUT2D eigenvalue weighted by Gasteiger charge is -2.34. The molecule has 1 aliphatic rings. The minimum atomic E-state index is -0.461. The SMILES string of the molecule is c1ccc(-c2nc(-c3ccc(-c4ccc5c(c4)C(c4ccccc4)(c4ccccc4)c4ccccc4-5)cc3)cc(-c3ccc(-c4ccc(-n5c6ccccc6c6ccccc65)cc4)c4ccccc34)n2)cc1. The van der Waals surface area contributed by atoms with Crippen LogP contribution in [0, 0.1) is 0 Å². The number of fused-ring (bicyclic) bond motifs is 7. The Kier molecular flexibility index (Phi) is 9.75. The predicted octanol–water partition coefficient (Wildman–Crippen LogP) is 17.4. The molecule has 0 atom stereocenters. The molecule has 0 N–H and O–H groups in total. The number of hydrogen-bond donors (Lipinski definition) is 0. The number of hydrogen-bond acceptors (Lipinski definition) is 2. The summed E-state index contributed by atoms with van der Waals surface area (Å²) in [6.45, 7) is 0. The molecule has 0 amide bonds. The molecule has 0 saturated carbocycles. The highest BCUT2D eigenvalue weighted by molar-refractivity contribution is 6.09. The molecule has 0 bridgehead atoms. The van der Waals surface area contributed by atoms with Crippen molar-refractivity contribution >= 4 is 32.6 Å². The molecule has 11 aromatic carbocycles. The van der Waals surface area contributed by atoms with Crippen molar-refractivity contribution in [2.24, 2.45) is 0 Å². The minimum Gasteiger partial charge on any atom is -0.309 e. The van der Waals surface area contributed by atoms with E-state index < -0.39 is 5.41 Å². The van der Waals surface area contributed by atoms with Crippen molar-refractivity contribution in [3.05, 3.63) is 295 Å². The number of para-hydroxylation sites is 2. The van der Waals surface area contributed by atoms with Crippen molar-refractivity contribution in [1.82, 2.24) is 14.5 Å². The largest absolute Gasteiger partial charge is 0.309 e. The van der Waals surface area contributed by atoms with E-state index in [-0.39, 0.29) is 0 Å². The van der Waals surface area contributed by atoms with Gasteiger partial charge in [-0.15, -0.1) is 0 Å². The molecule has 0 fully saturated rings. The van der Waals surface area contributed by atoms with Crippen LogP contribution in [-0.4, -0.2) is 14.5 Å². The fraction of sp³-hybridized carbons (Fsp3) is 0.0145. The number of rotatable bonds is 8. The highest BCUT2D eigenvalue weighted by Gasteiger charge is 2.46. The van der Waals surface area contributed by atoms with Crippen LogP contribution in [-0.2, 0) is 5.41 Å². The van der Waals surface area contributed by atoms with Gasteiger partial charge in [0.25, 0.3) is 0 Å². The van der Waals surface area contributed by atoms with E-state index in [9.17, 15) is 0 Å². The zero-order valence-electron chi connectivity index (χ0n) is 39.3. The van der Waals surface area contributed by atoms with E-state index in [1.807, 2.05) is 6.07 Å². The third-order valence-corrected chi connectivity index (χ3v) is 14.9. The molecule has 0 saturated heterocycles. The molecule has 1 aliphatic carbocycles. The summed E-state index contributed by atoms with van der Waals surface area (Å²) in [5, 5.41) is 4.83. The van der Waals surface area contributed by atoms with Crippen LogP contribution in [0.5, 0.6) is 0 Å². The smallest absolute Gasteiger partial charge is 0.160 e. The van der Waals surface area contributed by atoms with Crippen LogP contribution in [0.3, 0.4) is 0 Å². The van der Waals surface area contributed by atoms with E-state index in [0.717, 1.165) is 50.3 Å². The maximum atomic E-state index is 5.31. The molecule has 3 nitrogen and oxygen atoms in total. The summed E-state index contributed by atoms with van der Waals surface area (Å²) in [4.78, 5) is 10.6. The molecular weight excluding hydrogens is 871 g/mol. The zero-order valence-corrected chi connectivity index (χ0v) is 39.3. The van der Waals surface area contributed by atoms with Gasteiger partial charge in [0.05, 0.1) is 27.8 Å². The van der Waals surface area contributed by atoms with Crippen LogP contribution < -0.4 is 0 Å². The highest BCUT2D eigenvalue weighted by atomic mass is 15.0. The lowest BCUT2D eigenvalue weighted by Crippen LogP contribution is -2.28. The normalized spacial score (nSPS) is 12.6. The van der Waals surface area contributed by atoms with Gasteiger partial charge in [-0.05, 0) is 103 Å². The van der Waals surface area contributed by atoms with E-state index in [2.05, 4.69) is 271 Å². The monoisotopic (exact) mass is 915 g/mol. The van der Waals surface area contributed by atoms with Crippen LogP contribution in [0.1, 0.15) is 22.3 Å². The van der Waals surface area contributed by atoms with Crippen LogP contribution in [0.2, 0.25) is 0 Å². The topological polar surface area (TPSA) is 30.7 Å². The van der Waals surface area contributed by atoms with Gasteiger partial charge in [-0.3, -0.25) is 0 Å². The van der Waals surface area contributed by atoms with E-state index in [4.69, 9.17) is 9.97 Å². The van der Waals surface area contributed by atoms with Crippen molar-refractivity contribution in [1.29, 1.82) is 0 Å². The Labute approximate surface area is 418 Å². The van der Waals surface area contributed by atoms with Gasteiger partial charge >= 0.3 is 0 Å².